The van der Waals surface area contributed by atoms with Crippen molar-refractivity contribution in [3.8, 4) is 11.4 Å². The van der Waals surface area contributed by atoms with Gasteiger partial charge in [0.25, 0.3) is 5.91 Å². The first-order valence-electron chi connectivity index (χ1n) is 8.51. The fourth-order valence-electron chi connectivity index (χ4n) is 3.16. The van der Waals surface area contributed by atoms with Crippen LogP contribution in [0, 0.1) is 11.7 Å². The van der Waals surface area contributed by atoms with Gasteiger partial charge in [-0.15, -0.1) is 0 Å². The number of nitrogens with zero attached hydrogens (tertiary/aromatic N) is 4. The van der Waals surface area contributed by atoms with Gasteiger partial charge in [0, 0.05) is 19.6 Å². The normalized spacial score (nSPS) is 17.4. The van der Waals surface area contributed by atoms with Crippen LogP contribution < -0.4 is 0 Å². The first-order valence-corrected chi connectivity index (χ1v) is 8.51. The Morgan fingerprint density at radius 3 is 2.92 bits per heavy atom. The summed E-state index contributed by atoms with van der Waals surface area (Å²) in [5.74, 6) is -0.589. The Balaban J connectivity index is 1.75. The lowest BCUT2D eigenvalue weighted by Gasteiger charge is -2.19. The molecule has 1 N–H and O–H groups in total. The van der Waals surface area contributed by atoms with Crippen molar-refractivity contribution >= 4 is 5.91 Å². The number of rotatable bonds is 5. The molecule has 3 rings (SSSR count). The Hall–Kier alpha value is -2.41. The van der Waals surface area contributed by atoms with E-state index in [1.165, 1.54) is 16.9 Å². The number of hydrogen-bond acceptors (Lipinski definition) is 4. The molecule has 1 aliphatic rings. The lowest BCUT2D eigenvalue weighted by atomic mass is 10.1. The van der Waals surface area contributed by atoms with Crippen molar-refractivity contribution in [1.29, 1.82) is 0 Å². The number of hydrogen-bond donors (Lipinski definition) is 1. The number of para-hydroxylation sites is 1. The highest BCUT2D eigenvalue weighted by atomic mass is 19.1. The molecule has 0 saturated carbocycles. The van der Waals surface area contributed by atoms with E-state index in [1.54, 1.807) is 23.1 Å². The second kappa shape index (κ2) is 7.23. The smallest absolute Gasteiger partial charge is 0.278 e. The molecule has 1 aromatic carbocycles. The molecule has 1 aromatic heterocycles. The van der Waals surface area contributed by atoms with Crippen molar-refractivity contribution in [3.63, 3.8) is 0 Å². The van der Waals surface area contributed by atoms with E-state index in [9.17, 15) is 14.3 Å². The van der Waals surface area contributed by atoms with E-state index in [2.05, 4.69) is 24.0 Å². The molecule has 2 heterocycles. The molecule has 0 aliphatic carbocycles. The number of halogens is 1. The fraction of sp³-hybridized carbons (Fsp3) is 0.444. The van der Waals surface area contributed by atoms with Gasteiger partial charge in [0.15, 0.2) is 11.4 Å². The summed E-state index contributed by atoms with van der Waals surface area (Å²) in [5.41, 5.74) is 0.161. The zero-order chi connectivity index (χ0) is 18.0. The van der Waals surface area contributed by atoms with Crippen molar-refractivity contribution in [2.75, 3.05) is 33.2 Å². The molecule has 1 saturated heterocycles. The third-order valence-electron chi connectivity index (χ3n) is 4.68. The second-order valence-electron chi connectivity index (χ2n) is 6.52. The van der Waals surface area contributed by atoms with Crippen LogP contribution in [0.2, 0.25) is 0 Å². The maximum Gasteiger partial charge on any atom is 0.278 e. The van der Waals surface area contributed by atoms with E-state index >= 15 is 0 Å². The van der Waals surface area contributed by atoms with E-state index in [-0.39, 0.29) is 23.0 Å². The molecule has 0 bridgehead atoms. The Morgan fingerprint density at radius 1 is 1.44 bits per heavy atom. The standard InChI is InChI=1S/C18H23FN4O2/c1-3-21(2)10-13-8-9-22(11-13)18(25)17-16(24)12-23(20-17)15-7-5-4-6-14(15)19/h4-7,12-13,24H,3,8-11H2,1-2H3. The summed E-state index contributed by atoms with van der Waals surface area (Å²) in [7, 11) is 2.06. The Kier molecular flexibility index (Phi) is 5.03. The van der Waals surface area contributed by atoms with Gasteiger partial charge in [-0.3, -0.25) is 4.79 Å². The van der Waals surface area contributed by atoms with Gasteiger partial charge in [-0.25, -0.2) is 9.07 Å². The van der Waals surface area contributed by atoms with Gasteiger partial charge in [-0.05, 0) is 38.1 Å². The summed E-state index contributed by atoms with van der Waals surface area (Å²) in [5, 5.41) is 14.2. The zero-order valence-electron chi connectivity index (χ0n) is 14.5. The monoisotopic (exact) mass is 346 g/mol. The van der Waals surface area contributed by atoms with Crippen LogP contribution in [0.1, 0.15) is 23.8 Å². The average molecular weight is 346 g/mol. The summed E-state index contributed by atoms with van der Waals surface area (Å²) >= 11 is 0. The second-order valence-corrected chi connectivity index (χ2v) is 6.52. The molecule has 7 heteroatoms. The molecule has 0 spiro atoms. The van der Waals surface area contributed by atoms with Crippen LogP contribution in [0.4, 0.5) is 4.39 Å². The highest BCUT2D eigenvalue weighted by Gasteiger charge is 2.30. The van der Waals surface area contributed by atoms with E-state index in [0.717, 1.165) is 19.5 Å². The van der Waals surface area contributed by atoms with Gasteiger partial charge in [0.05, 0.1) is 6.20 Å². The highest BCUT2D eigenvalue weighted by molar-refractivity contribution is 5.95. The van der Waals surface area contributed by atoms with Gasteiger partial charge >= 0.3 is 0 Å². The van der Waals surface area contributed by atoms with Crippen LogP contribution in [0.25, 0.3) is 5.69 Å². The highest BCUT2D eigenvalue weighted by Crippen LogP contribution is 2.24. The van der Waals surface area contributed by atoms with Gasteiger partial charge in [0.1, 0.15) is 11.5 Å². The summed E-state index contributed by atoms with van der Waals surface area (Å²) < 4.78 is 15.1. The maximum absolute atomic E-state index is 13.9. The quantitative estimate of drug-likeness (QED) is 0.901. The van der Waals surface area contributed by atoms with Crippen LogP contribution in [0.5, 0.6) is 5.75 Å². The Morgan fingerprint density at radius 2 is 2.20 bits per heavy atom. The summed E-state index contributed by atoms with van der Waals surface area (Å²) in [6, 6.07) is 6.10. The van der Waals surface area contributed by atoms with E-state index < -0.39 is 5.82 Å². The molecule has 2 aromatic rings. The minimum absolute atomic E-state index is 0.0345. The minimum atomic E-state index is -0.465. The van der Waals surface area contributed by atoms with Crippen molar-refractivity contribution in [1.82, 2.24) is 19.6 Å². The predicted molar refractivity (Wildman–Crippen MR) is 92.4 cm³/mol. The van der Waals surface area contributed by atoms with E-state index in [1.807, 2.05) is 0 Å². The third-order valence-corrected chi connectivity index (χ3v) is 4.68. The number of aromatic hydroxyl groups is 1. The van der Waals surface area contributed by atoms with Gasteiger partial charge in [-0.1, -0.05) is 19.1 Å². The molecule has 0 radical (unpaired) electrons. The average Bonchev–Trinajstić information content (AvgIpc) is 3.21. The molecule has 6 nitrogen and oxygen atoms in total. The predicted octanol–water partition coefficient (Wildman–Crippen LogP) is 2.13. The lowest BCUT2D eigenvalue weighted by Crippen LogP contribution is -2.32. The maximum atomic E-state index is 13.9. The fourth-order valence-corrected chi connectivity index (χ4v) is 3.16. The van der Waals surface area contributed by atoms with E-state index in [0.29, 0.717) is 19.0 Å². The number of carbonyl (C=O) groups excluding carboxylic acids is 1. The first kappa shape index (κ1) is 17.4. The van der Waals surface area contributed by atoms with Crippen LogP contribution in [0.15, 0.2) is 30.5 Å². The number of carbonyl (C=O) groups is 1. The topological polar surface area (TPSA) is 61.6 Å². The largest absolute Gasteiger partial charge is 0.504 e. The Labute approximate surface area is 146 Å². The van der Waals surface area contributed by atoms with Crippen molar-refractivity contribution in [2.24, 2.45) is 5.92 Å². The van der Waals surface area contributed by atoms with Crippen LogP contribution >= 0.6 is 0 Å². The molecular formula is C18H23FN4O2. The van der Waals surface area contributed by atoms with Crippen LogP contribution in [-0.2, 0) is 0 Å². The number of benzene rings is 1. The number of likely N-dealkylation sites (tertiary alicyclic amines) is 1. The van der Waals surface area contributed by atoms with Crippen LogP contribution in [-0.4, -0.2) is 63.8 Å². The molecule has 1 atom stereocenters. The van der Waals surface area contributed by atoms with Gasteiger partial charge in [0.2, 0.25) is 0 Å². The number of amides is 1. The van der Waals surface area contributed by atoms with Crippen molar-refractivity contribution < 1.29 is 14.3 Å². The van der Waals surface area contributed by atoms with Gasteiger partial charge < -0.3 is 14.9 Å². The first-order chi connectivity index (χ1) is 12.0. The molecule has 1 amide bonds. The molecular weight excluding hydrogens is 323 g/mol. The third kappa shape index (κ3) is 3.66. The van der Waals surface area contributed by atoms with Crippen LogP contribution in [0.3, 0.4) is 0 Å². The molecule has 1 unspecified atom stereocenters. The minimum Gasteiger partial charge on any atom is -0.504 e. The SMILES string of the molecule is CCN(C)CC1CCN(C(=O)c2nn(-c3ccccc3F)cc2O)C1. The Bertz CT molecular complexity index is 761. The summed E-state index contributed by atoms with van der Waals surface area (Å²) in [6.45, 7) is 5.31. The van der Waals surface area contributed by atoms with E-state index in [4.69, 9.17) is 0 Å². The zero-order valence-corrected chi connectivity index (χ0v) is 14.5. The summed E-state index contributed by atoms with van der Waals surface area (Å²) in [4.78, 5) is 16.6. The van der Waals surface area contributed by atoms with Gasteiger partial charge in [-0.2, -0.15) is 5.10 Å². The molecule has 25 heavy (non-hydrogen) atoms. The lowest BCUT2D eigenvalue weighted by molar-refractivity contribution is 0.0775. The van der Waals surface area contributed by atoms with Crippen molar-refractivity contribution in [2.45, 2.75) is 13.3 Å². The summed E-state index contributed by atoms with van der Waals surface area (Å²) in [6.07, 6.45) is 2.20. The molecule has 1 aliphatic heterocycles. The number of aromatic nitrogens is 2. The molecule has 1 fully saturated rings. The molecule has 134 valence electrons. The van der Waals surface area contributed by atoms with Crippen molar-refractivity contribution in [3.05, 3.63) is 42.0 Å².